The maximum Gasteiger partial charge on any atom is 0.307 e. The van der Waals surface area contributed by atoms with Crippen LogP contribution in [0.5, 0.6) is 0 Å². The topological polar surface area (TPSA) is 59.4 Å². The number of benzene rings is 1. The molecule has 6 nitrogen and oxygen atoms in total. The van der Waals surface area contributed by atoms with Crippen molar-refractivity contribution in [1.29, 1.82) is 0 Å². The third-order valence-corrected chi connectivity index (χ3v) is 6.81. The number of carbonyl (C=O) groups is 1. The van der Waals surface area contributed by atoms with Crippen LogP contribution in [0.3, 0.4) is 0 Å². The van der Waals surface area contributed by atoms with Crippen LogP contribution in [0.4, 0.5) is 0 Å². The molecule has 3 heterocycles. The molecule has 172 valence electrons. The van der Waals surface area contributed by atoms with Gasteiger partial charge in [0, 0.05) is 29.2 Å². The molecule has 0 bridgehead atoms. The van der Waals surface area contributed by atoms with Gasteiger partial charge >= 0.3 is 5.97 Å². The second-order valence-corrected chi connectivity index (χ2v) is 9.13. The van der Waals surface area contributed by atoms with Gasteiger partial charge in [0.1, 0.15) is 0 Å². The summed E-state index contributed by atoms with van der Waals surface area (Å²) in [6, 6.07) is 13.1. The minimum Gasteiger partial charge on any atom is -0.469 e. The predicted molar refractivity (Wildman–Crippen MR) is 134 cm³/mol. The number of hydrogen-bond acceptors (Lipinski definition) is 4. The maximum atomic E-state index is 11.9. The number of esters is 1. The highest BCUT2D eigenvalue weighted by atomic mass is 35.5. The van der Waals surface area contributed by atoms with Gasteiger partial charge in [0.05, 0.1) is 42.0 Å². The molecular weight excluding hydrogens is 479 g/mol. The van der Waals surface area contributed by atoms with Gasteiger partial charge in [-0.05, 0) is 68.0 Å². The van der Waals surface area contributed by atoms with E-state index in [4.69, 9.17) is 40.2 Å². The molecule has 0 amide bonds. The number of nitrogens with zero attached hydrogens (tertiary/aromatic N) is 3. The lowest BCUT2D eigenvalue weighted by atomic mass is 9.96. The number of halogens is 2. The van der Waals surface area contributed by atoms with E-state index in [1.165, 1.54) is 7.11 Å². The zero-order chi connectivity index (χ0) is 23.7. The number of thiocarbonyl (C=S) groups is 1. The second-order valence-electron chi connectivity index (χ2n) is 7.90. The molecule has 2 aromatic heterocycles. The largest absolute Gasteiger partial charge is 0.469 e. The summed E-state index contributed by atoms with van der Waals surface area (Å²) in [4.78, 5) is 18.5. The second kappa shape index (κ2) is 9.71. The molecule has 4 rings (SSSR count). The summed E-state index contributed by atoms with van der Waals surface area (Å²) in [6.45, 7) is 4.52. The van der Waals surface area contributed by atoms with E-state index in [0.717, 1.165) is 28.3 Å². The Morgan fingerprint density at radius 1 is 1.21 bits per heavy atom. The molecule has 33 heavy (non-hydrogen) atoms. The first-order valence-corrected chi connectivity index (χ1v) is 11.7. The van der Waals surface area contributed by atoms with Crippen molar-refractivity contribution < 1.29 is 9.53 Å². The molecule has 0 saturated carbocycles. The molecule has 2 atom stereocenters. The maximum absolute atomic E-state index is 11.9. The SMILES string of the molecule is COC(=O)CCN1C(=S)N[C@H](c2ccccn2)[C@@H]1c1cc(C)n(-c2ccc(Cl)cc2Cl)c1C. The van der Waals surface area contributed by atoms with Gasteiger partial charge in [-0.15, -0.1) is 0 Å². The smallest absolute Gasteiger partial charge is 0.307 e. The van der Waals surface area contributed by atoms with Gasteiger partial charge in [-0.25, -0.2) is 0 Å². The number of carbonyl (C=O) groups excluding carboxylic acids is 1. The van der Waals surface area contributed by atoms with E-state index in [-0.39, 0.29) is 24.5 Å². The fourth-order valence-corrected chi connectivity index (χ4v) is 5.24. The molecule has 0 aliphatic carbocycles. The molecule has 9 heteroatoms. The van der Waals surface area contributed by atoms with Gasteiger partial charge < -0.3 is 19.5 Å². The number of rotatable bonds is 6. The first kappa shape index (κ1) is 23.5. The van der Waals surface area contributed by atoms with Gasteiger partial charge in [0.25, 0.3) is 0 Å². The fraction of sp³-hybridized carbons (Fsp3) is 0.292. The summed E-state index contributed by atoms with van der Waals surface area (Å²) < 4.78 is 6.97. The quantitative estimate of drug-likeness (QED) is 0.363. The Labute approximate surface area is 208 Å². The van der Waals surface area contributed by atoms with Crippen LogP contribution in [-0.4, -0.2) is 39.2 Å². The number of ether oxygens (including phenoxy) is 1. The lowest BCUT2D eigenvalue weighted by molar-refractivity contribution is -0.140. The van der Waals surface area contributed by atoms with Crippen LogP contribution in [-0.2, 0) is 9.53 Å². The average molecular weight is 503 g/mol. The Hall–Kier alpha value is -2.61. The summed E-state index contributed by atoms with van der Waals surface area (Å²) in [7, 11) is 1.39. The van der Waals surface area contributed by atoms with Gasteiger partial charge in [0.2, 0.25) is 0 Å². The predicted octanol–water partition coefficient (Wildman–Crippen LogP) is 5.33. The van der Waals surface area contributed by atoms with Crippen molar-refractivity contribution in [3.63, 3.8) is 0 Å². The molecule has 1 aliphatic heterocycles. The van der Waals surface area contributed by atoms with Gasteiger partial charge in [-0.1, -0.05) is 29.3 Å². The van der Waals surface area contributed by atoms with Crippen molar-refractivity contribution in [3.8, 4) is 5.69 Å². The van der Waals surface area contributed by atoms with Crippen LogP contribution in [0.1, 0.15) is 41.1 Å². The lowest BCUT2D eigenvalue weighted by Crippen LogP contribution is -2.32. The van der Waals surface area contributed by atoms with E-state index in [1.807, 2.05) is 42.2 Å². The molecule has 3 aromatic rings. The molecule has 0 unspecified atom stereocenters. The van der Waals surface area contributed by atoms with Crippen LogP contribution in [0, 0.1) is 13.8 Å². The van der Waals surface area contributed by atoms with Crippen molar-refractivity contribution in [2.24, 2.45) is 0 Å². The highest BCUT2D eigenvalue weighted by Gasteiger charge is 2.41. The number of pyridine rings is 1. The summed E-state index contributed by atoms with van der Waals surface area (Å²) in [5.74, 6) is -0.281. The van der Waals surface area contributed by atoms with Crippen molar-refractivity contribution in [3.05, 3.63) is 81.4 Å². The lowest BCUT2D eigenvalue weighted by Gasteiger charge is -2.28. The number of methoxy groups -OCH3 is 1. The monoisotopic (exact) mass is 502 g/mol. The number of hydrogen-bond donors (Lipinski definition) is 1. The average Bonchev–Trinajstić information content (AvgIpc) is 3.28. The zero-order valence-electron chi connectivity index (χ0n) is 18.5. The van der Waals surface area contributed by atoms with Crippen molar-refractivity contribution >= 4 is 46.5 Å². The molecule has 1 aromatic carbocycles. The summed E-state index contributed by atoms with van der Waals surface area (Å²) >= 11 is 18.3. The van der Waals surface area contributed by atoms with E-state index in [9.17, 15) is 4.79 Å². The van der Waals surface area contributed by atoms with Gasteiger partial charge in [0.15, 0.2) is 5.11 Å². The van der Waals surface area contributed by atoms with Crippen LogP contribution < -0.4 is 5.32 Å². The van der Waals surface area contributed by atoms with Crippen LogP contribution in [0.25, 0.3) is 5.69 Å². The van der Waals surface area contributed by atoms with Gasteiger partial charge in [-0.2, -0.15) is 0 Å². The van der Waals surface area contributed by atoms with Crippen molar-refractivity contribution in [2.75, 3.05) is 13.7 Å². The minimum atomic E-state index is -0.281. The Bertz CT molecular complexity index is 1200. The Balaban J connectivity index is 1.81. The van der Waals surface area contributed by atoms with Gasteiger partial charge in [-0.3, -0.25) is 9.78 Å². The Morgan fingerprint density at radius 3 is 2.67 bits per heavy atom. The molecule has 0 spiro atoms. The third-order valence-electron chi connectivity index (χ3n) is 5.92. The molecule has 1 saturated heterocycles. The van der Waals surface area contributed by atoms with E-state index < -0.39 is 0 Å². The van der Waals surface area contributed by atoms with Crippen LogP contribution >= 0.6 is 35.4 Å². The number of aromatic nitrogens is 2. The Kier molecular flexibility index (Phi) is 6.93. The first-order valence-electron chi connectivity index (χ1n) is 10.5. The van der Waals surface area contributed by atoms with E-state index in [0.29, 0.717) is 21.7 Å². The highest BCUT2D eigenvalue weighted by molar-refractivity contribution is 7.80. The first-order chi connectivity index (χ1) is 15.8. The molecule has 1 N–H and O–H groups in total. The fourth-order valence-electron chi connectivity index (χ4n) is 4.42. The standard InChI is InChI=1S/C24H24Cl2N4O2S/c1-14-12-17(15(2)30(14)20-8-7-16(25)13-18(20)26)23-22(19-6-4-5-10-27-19)28-24(33)29(23)11-9-21(31)32-3/h4-8,10,12-13,22-23H,9,11H2,1-3H3,(H,28,33)/t22-,23+/m1/s1. The minimum absolute atomic E-state index is 0.164. The van der Waals surface area contributed by atoms with Crippen LogP contribution in [0.15, 0.2) is 48.7 Å². The summed E-state index contributed by atoms with van der Waals surface area (Å²) in [5, 5.41) is 5.15. The normalized spacial score (nSPS) is 17.8. The summed E-state index contributed by atoms with van der Waals surface area (Å²) in [6.07, 6.45) is 2.00. The van der Waals surface area contributed by atoms with E-state index >= 15 is 0 Å². The molecule has 0 radical (unpaired) electrons. The summed E-state index contributed by atoms with van der Waals surface area (Å²) in [5.41, 5.74) is 4.85. The van der Waals surface area contributed by atoms with E-state index in [2.05, 4.69) is 27.9 Å². The van der Waals surface area contributed by atoms with Crippen molar-refractivity contribution in [2.45, 2.75) is 32.4 Å². The zero-order valence-corrected chi connectivity index (χ0v) is 20.8. The number of nitrogens with one attached hydrogen (secondary N) is 1. The van der Waals surface area contributed by atoms with E-state index in [1.54, 1.807) is 12.3 Å². The third kappa shape index (κ3) is 4.58. The molecular formula is C24H24Cl2N4O2S. The highest BCUT2D eigenvalue weighted by Crippen LogP contribution is 2.42. The molecule has 1 aliphatic rings. The van der Waals surface area contributed by atoms with Crippen LogP contribution in [0.2, 0.25) is 10.0 Å². The Morgan fingerprint density at radius 2 is 2.00 bits per heavy atom. The van der Waals surface area contributed by atoms with Crippen molar-refractivity contribution in [1.82, 2.24) is 19.8 Å². The number of aryl methyl sites for hydroxylation is 1. The molecule has 1 fully saturated rings.